The molecule has 4 aromatic rings. The fourth-order valence-corrected chi connectivity index (χ4v) is 4.62. The van der Waals surface area contributed by atoms with Crippen LogP contribution in [0, 0.1) is 12.8 Å². The zero-order valence-electron chi connectivity index (χ0n) is 19.3. The fraction of sp³-hybridized carbons (Fsp3) is 0.360. The van der Waals surface area contributed by atoms with Gasteiger partial charge in [-0.05, 0) is 38.0 Å². The summed E-state index contributed by atoms with van der Waals surface area (Å²) in [5, 5.41) is 28.4. The standard InChI is InChI=1S/C25H27N7O3/c1-14-16(10-31-12-21(33)22(34)13-31)11-32(30-14)23-6-7-26-25(29-23)28-17-4-5-20-18(8-17)19(9-27-20)24(35)15-2-3-15/h4-9,11,15,21-22,27,33-34H,2-3,10,12-13H2,1H3,(H,26,28,29)/t21-,22+. The molecule has 2 atom stereocenters. The van der Waals surface area contributed by atoms with Crippen molar-refractivity contribution in [2.75, 3.05) is 18.4 Å². The number of aliphatic hydroxyl groups is 2. The second-order valence-electron chi connectivity index (χ2n) is 9.48. The number of likely N-dealkylation sites (tertiary alicyclic amines) is 1. The molecule has 10 heteroatoms. The number of nitrogens with zero attached hydrogens (tertiary/aromatic N) is 5. The van der Waals surface area contributed by atoms with Crippen LogP contribution in [-0.2, 0) is 6.54 Å². The van der Waals surface area contributed by atoms with Gasteiger partial charge in [-0.2, -0.15) is 10.1 Å². The van der Waals surface area contributed by atoms with E-state index in [0.29, 0.717) is 31.4 Å². The van der Waals surface area contributed by atoms with Crippen LogP contribution in [0.15, 0.2) is 42.9 Å². The van der Waals surface area contributed by atoms with Crippen molar-refractivity contribution in [3.63, 3.8) is 0 Å². The summed E-state index contributed by atoms with van der Waals surface area (Å²) in [4.78, 5) is 26.8. The molecule has 35 heavy (non-hydrogen) atoms. The largest absolute Gasteiger partial charge is 0.389 e. The van der Waals surface area contributed by atoms with E-state index in [-0.39, 0.29) is 11.7 Å². The summed E-state index contributed by atoms with van der Waals surface area (Å²) in [6.07, 6.45) is 5.91. The normalized spacial score (nSPS) is 20.5. The third-order valence-corrected chi connectivity index (χ3v) is 6.76. The number of benzene rings is 1. The van der Waals surface area contributed by atoms with E-state index in [2.05, 4.69) is 25.4 Å². The predicted molar refractivity (Wildman–Crippen MR) is 130 cm³/mol. The van der Waals surface area contributed by atoms with Crippen molar-refractivity contribution in [2.45, 2.75) is 38.5 Å². The first kappa shape index (κ1) is 21.9. The molecule has 4 heterocycles. The van der Waals surface area contributed by atoms with Crippen LogP contribution in [0.2, 0.25) is 0 Å². The summed E-state index contributed by atoms with van der Waals surface area (Å²) in [7, 11) is 0. The van der Waals surface area contributed by atoms with Gasteiger partial charge >= 0.3 is 0 Å². The predicted octanol–water partition coefficient (Wildman–Crippen LogP) is 2.33. The molecule has 0 radical (unpaired) electrons. The lowest BCUT2D eigenvalue weighted by atomic mass is 10.1. The zero-order valence-corrected chi connectivity index (χ0v) is 19.3. The smallest absolute Gasteiger partial charge is 0.229 e. The molecule has 180 valence electrons. The molecular weight excluding hydrogens is 446 g/mol. The van der Waals surface area contributed by atoms with Gasteiger partial charge in [-0.3, -0.25) is 9.69 Å². The highest BCUT2D eigenvalue weighted by Gasteiger charge is 2.32. The Morgan fingerprint density at radius 3 is 2.77 bits per heavy atom. The maximum Gasteiger partial charge on any atom is 0.229 e. The van der Waals surface area contributed by atoms with Crippen LogP contribution < -0.4 is 5.32 Å². The number of anilines is 2. The highest BCUT2D eigenvalue weighted by Crippen LogP contribution is 2.35. The van der Waals surface area contributed by atoms with Crippen LogP contribution >= 0.6 is 0 Å². The van der Waals surface area contributed by atoms with E-state index in [1.807, 2.05) is 36.2 Å². The number of fused-ring (bicyclic) bond motifs is 1. The van der Waals surface area contributed by atoms with Gasteiger partial charge in [-0.15, -0.1) is 0 Å². The summed E-state index contributed by atoms with van der Waals surface area (Å²) < 4.78 is 1.71. The maximum absolute atomic E-state index is 12.6. The molecule has 2 fully saturated rings. The van der Waals surface area contributed by atoms with Crippen molar-refractivity contribution in [2.24, 2.45) is 5.92 Å². The van der Waals surface area contributed by atoms with E-state index < -0.39 is 12.2 Å². The van der Waals surface area contributed by atoms with Gasteiger partial charge in [0.1, 0.15) is 0 Å². The van der Waals surface area contributed by atoms with Crippen LogP contribution in [0.5, 0.6) is 0 Å². The minimum atomic E-state index is -0.714. The lowest BCUT2D eigenvalue weighted by Crippen LogP contribution is -2.22. The van der Waals surface area contributed by atoms with Gasteiger partial charge in [0.25, 0.3) is 0 Å². The number of Topliss-reactive ketones (excluding diaryl/α,β-unsaturated/α-hetero) is 1. The lowest BCUT2D eigenvalue weighted by molar-refractivity contribution is 0.0572. The number of aromatic amines is 1. The monoisotopic (exact) mass is 473 g/mol. The average molecular weight is 474 g/mol. The minimum Gasteiger partial charge on any atom is -0.389 e. The zero-order chi connectivity index (χ0) is 24.1. The first-order chi connectivity index (χ1) is 16.9. The SMILES string of the molecule is Cc1nn(-c2ccnc(Nc3ccc4[nH]cc(C(=O)C5CC5)c4c3)n2)cc1CN1C[C@@H](O)[C@@H](O)C1. The number of H-pyrrole nitrogens is 1. The van der Waals surface area contributed by atoms with Gasteiger partial charge in [0.15, 0.2) is 11.6 Å². The molecule has 1 aromatic carbocycles. The van der Waals surface area contributed by atoms with Crippen LogP contribution in [0.25, 0.3) is 16.7 Å². The Balaban J connectivity index is 1.21. The summed E-state index contributed by atoms with van der Waals surface area (Å²) in [5.74, 6) is 1.40. The molecule has 0 amide bonds. The summed E-state index contributed by atoms with van der Waals surface area (Å²) in [5.41, 5.74) is 4.32. The van der Waals surface area contributed by atoms with Gasteiger partial charge in [-0.25, -0.2) is 9.67 Å². The Morgan fingerprint density at radius 1 is 1.20 bits per heavy atom. The molecule has 6 rings (SSSR count). The van der Waals surface area contributed by atoms with Crippen molar-refractivity contribution < 1.29 is 15.0 Å². The molecule has 1 aliphatic carbocycles. The van der Waals surface area contributed by atoms with Gasteiger partial charge in [0.05, 0.1) is 17.9 Å². The number of aromatic nitrogens is 5. The topological polar surface area (TPSA) is 132 Å². The number of aryl methyl sites for hydroxylation is 1. The lowest BCUT2D eigenvalue weighted by Gasteiger charge is -2.13. The molecule has 4 N–H and O–H groups in total. The van der Waals surface area contributed by atoms with Gasteiger partial charge in [0.2, 0.25) is 5.95 Å². The Labute approximate surface area is 201 Å². The third-order valence-electron chi connectivity index (χ3n) is 6.76. The van der Waals surface area contributed by atoms with Crippen molar-refractivity contribution >= 4 is 28.3 Å². The van der Waals surface area contributed by atoms with Crippen LogP contribution in [-0.4, -0.2) is 70.9 Å². The van der Waals surface area contributed by atoms with E-state index >= 15 is 0 Å². The second-order valence-corrected chi connectivity index (χ2v) is 9.48. The molecule has 0 spiro atoms. The Kier molecular flexibility index (Phi) is 5.36. The van der Waals surface area contributed by atoms with Crippen molar-refractivity contribution in [1.82, 2.24) is 29.6 Å². The third kappa shape index (κ3) is 4.31. The first-order valence-corrected chi connectivity index (χ1v) is 11.8. The van der Waals surface area contributed by atoms with Crippen LogP contribution in [0.3, 0.4) is 0 Å². The van der Waals surface area contributed by atoms with Crippen molar-refractivity contribution in [3.8, 4) is 5.82 Å². The number of rotatable bonds is 7. The van der Waals surface area contributed by atoms with Gasteiger partial charge < -0.3 is 20.5 Å². The van der Waals surface area contributed by atoms with Crippen LogP contribution in [0.1, 0.15) is 34.5 Å². The van der Waals surface area contributed by atoms with Gasteiger partial charge in [0, 0.05) is 77.9 Å². The highest BCUT2D eigenvalue weighted by molar-refractivity contribution is 6.10. The first-order valence-electron chi connectivity index (χ1n) is 11.8. The minimum absolute atomic E-state index is 0.161. The quantitative estimate of drug-likeness (QED) is 0.301. The Hall–Kier alpha value is -3.60. The number of nitrogens with one attached hydrogen (secondary N) is 2. The Morgan fingerprint density at radius 2 is 2.00 bits per heavy atom. The maximum atomic E-state index is 12.6. The second kappa shape index (κ2) is 8.56. The van der Waals surface area contributed by atoms with Crippen molar-refractivity contribution in [1.29, 1.82) is 0 Å². The van der Waals surface area contributed by atoms with Gasteiger partial charge in [-0.1, -0.05) is 0 Å². The summed E-state index contributed by atoms with van der Waals surface area (Å²) in [6, 6.07) is 7.61. The number of carbonyl (C=O) groups is 1. The molecular formula is C25H27N7O3. The molecule has 1 saturated carbocycles. The van der Waals surface area contributed by atoms with E-state index in [1.54, 1.807) is 23.1 Å². The van der Waals surface area contributed by atoms with E-state index in [4.69, 9.17) is 0 Å². The van der Waals surface area contributed by atoms with E-state index in [9.17, 15) is 15.0 Å². The Bertz CT molecular complexity index is 1400. The molecule has 2 aliphatic rings. The van der Waals surface area contributed by atoms with Crippen LogP contribution in [0.4, 0.5) is 11.6 Å². The fourth-order valence-electron chi connectivity index (χ4n) is 4.62. The van der Waals surface area contributed by atoms with E-state index in [1.165, 1.54) is 0 Å². The number of carbonyl (C=O) groups excluding carboxylic acids is 1. The molecule has 0 unspecified atom stereocenters. The number of hydrogen-bond acceptors (Lipinski definition) is 8. The number of hydrogen-bond donors (Lipinski definition) is 4. The number of ketones is 1. The highest BCUT2D eigenvalue weighted by atomic mass is 16.3. The molecule has 10 nitrogen and oxygen atoms in total. The summed E-state index contributed by atoms with van der Waals surface area (Å²) >= 11 is 0. The molecule has 1 saturated heterocycles. The van der Waals surface area contributed by atoms with E-state index in [0.717, 1.165) is 46.3 Å². The molecule has 1 aliphatic heterocycles. The average Bonchev–Trinajstić information content (AvgIpc) is 3.41. The summed E-state index contributed by atoms with van der Waals surface area (Å²) in [6.45, 7) is 3.40. The molecule has 3 aromatic heterocycles. The molecule has 0 bridgehead atoms. The number of aliphatic hydroxyl groups excluding tert-OH is 2. The number of β-amino-alcohol motifs (C(OH)–C–C–N with tert-alkyl or cyclic N) is 2. The van der Waals surface area contributed by atoms with Crippen molar-refractivity contribution in [3.05, 3.63) is 59.7 Å².